The number of hydrogen-bond donors (Lipinski definition) is 2. The van der Waals surface area contributed by atoms with Crippen LogP contribution in [-0.4, -0.2) is 14.5 Å². The van der Waals surface area contributed by atoms with Gasteiger partial charge >= 0.3 is 17.3 Å². The monoisotopic (exact) mass is 411 g/mol. The van der Waals surface area contributed by atoms with Crippen LogP contribution in [0.15, 0.2) is 56.8 Å². The van der Waals surface area contributed by atoms with Gasteiger partial charge in [-0.1, -0.05) is 11.6 Å². The number of pyridine rings is 2. The molecular weight excluding hydrogens is 399 g/mol. The highest BCUT2D eigenvalue weighted by molar-refractivity contribution is 6.19. The van der Waals surface area contributed by atoms with E-state index in [9.17, 15) is 27.6 Å². The Kier molecular flexibility index (Phi) is 5.03. The lowest BCUT2D eigenvalue weighted by Gasteiger charge is -2.13. The second-order valence-corrected chi connectivity index (χ2v) is 6.60. The van der Waals surface area contributed by atoms with Gasteiger partial charge in [-0.05, 0) is 49.4 Å². The molecule has 2 N–H and O–H groups in total. The summed E-state index contributed by atoms with van der Waals surface area (Å²) in [6, 6.07) is 10.1. The van der Waals surface area contributed by atoms with Gasteiger partial charge in [-0.3, -0.25) is 19.0 Å². The molecule has 0 amide bonds. The quantitative estimate of drug-likeness (QED) is 0.371. The van der Waals surface area contributed by atoms with Crippen molar-refractivity contribution in [1.29, 1.82) is 0 Å². The summed E-state index contributed by atoms with van der Waals surface area (Å²) >= 11 is 5.78. The zero-order valence-electron chi connectivity index (χ0n) is 14.3. The summed E-state index contributed by atoms with van der Waals surface area (Å²) < 4.78 is 38.6. The van der Waals surface area contributed by atoms with Crippen LogP contribution in [0, 0.1) is 0 Å². The Morgan fingerprint density at radius 3 is 2.04 bits per heavy atom. The van der Waals surface area contributed by atoms with Crippen molar-refractivity contribution in [2.75, 3.05) is 0 Å². The standard InChI is InChI=1S/C11H8ClF3N2O2.C7H5NO/c1-5(12)17-8-3-2-6(11(13,14)15)4-7(8)16-9(18)10(17)19;9-7-5-1-3-6(8-7)4-2-5/h2-5H,1H3,(H,16,18);1-4H,(H,8,9). The van der Waals surface area contributed by atoms with Crippen molar-refractivity contribution >= 4 is 33.5 Å². The molecule has 0 aliphatic heterocycles. The molecule has 1 unspecified atom stereocenters. The van der Waals surface area contributed by atoms with E-state index >= 15 is 0 Å². The molecule has 0 radical (unpaired) electrons. The van der Waals surface area contributed by atoms with E-state index in [4.69, 9.17) is 11.6 Å². The number of nitrogens with one attached hydrogen (secondary N) is 2. The minimum atomic E-state index is -4.53. The Hall–Kier alpha value is -3.07. The molecule has 146 valence electrons. The number of aromatic nitrogens is 3. The Labute approximate surface area is 159 Å². The van der Waals surface area contributed by atoms with E-state index in [1.807, 2.05) is 24.3 Å². The molecule has 10 heteroatoms. The molecule has 2 aromatic carbocycles. The van der Waals surface area contributed by atoms with E-state index in [2.05, 4.69) is 9.97 Å². The van der Waals surface area contributed by atoms with Crippen molar-refractivity contribution < 1.29 is 13.2 Å². The number of halogens is 4. The number of hydrogen-bond acceptors (Lipinski definition) is 3. The summed E-state index contributed by atoms with van der Waals surface area (Å²) in [4.78, 5) is 38.6. The Morgan fingerprint density at radius 2 is 1.61 bits per heavy atom. The van der Waals surface area contributed by atoms with Crippen LogP contribution >= 0.6 is 11.6 Å². The summed E-state index contributed by atoms with van der Waals surface area (Å²) in [6.07, 6.45) is -4.53. The molecule has 5 rings (SSSR count). The van der Waals surface area contributed by atoms with Gasteiger partial charge in [-0.15, -0.1) is 0 Å². The number of H-pyrrole nitrogens is 2. The van der Waals surface area contributed by atoms with Gasteiger partial charge in [-0.25, -0.2) is 0 Å². The maximum atomic E-state index is 12.6. The lowest BCUT2D eigenvalue weighted by Crippen LogP contribution is -2.36. The van der Waals surface area contributed by atoms with Gasteiger partial charge in [-0.2, -0.15) is 13.2 Å². The zero-order valence-corrected chi connectivity index (χ0v) is 15.1. The van der Waals surface area contributed by atoms with Crippen molar-refractivity contribution in [3.8, 4) is 0 Å². The number of fused-ring (bicyclic) bond motifs is 4. The first-order valence-electron chi connectivity index (χ1n) is 7.99. The average molecular weight is 412 g/mol. The van der Waals surface area contributed by atoms with E-state index < -0.39 is 28.4 Å². The maximum Gasteiger partial charge on any atom is 0.416 e. The summed E-state index contributed by atoms with van der Waals surface area (Å²) in [7, 11) is 0. The van der Waals surface area contributed by atoms with Crippen LogP contribution in [0.1, 0.15) is 18.0 Å². The van der Waals surface area contributed by atoms with Gasteiger partial charge in [0.2, 0.25) is 0 Å². The van der Waals surface area contributed by atoms with E-state index in [0.717, 1.165) is 33.7 Å². The highest BCUT2D eigenvalue weighted by atomic mass is 35.5. The third kappa shape index (κ3) is 3.79. The van der Waals surface area contributed by atoms with Crippen LogP contribution in [0.4, 0.5) is 13.2 Å². The van der Waals surface area contributed by atoms with Crippen LogP contribution in [0.5, 0.6) is 0 Å². The molecule has 5 aromatic rings. The van der Waals surface area contributed by atoms with Gasteiger partial charge < -0.3 is 9.97 Å². The SMILES string of the molecule is CC(Cl)n1c(=O)c(=O)[nH]c2cc(C(F)(F)F)ccc21.O=c1[nH]c2ccc1cc2. The third-order valence-electron chi connectivity index (χ3n) is 4.01. The van der Waals surface area contributed by atoms with Crippen LogP contribution < -0.4 is 16.7 Å². The summed E-state index contributed by atoms with van der Waals surface area (Å²) in [5.41, 5.74) is -2.75. The molecule has 0 aliphatic rings. The van der Waals surface area contributed by atoms with Crippen LogP contribution in [0.2, 0.25) is 0 Å². The van der Waals surface area contributed by atoms with Crippen molar-refractivity contribution in [3.05, 3.63) is 79.1 Å². The maximum absolute atomic E-state index is 12.6. The molecule has 0 spiro atoms. The highest BCUT2D eigenvalue weighted by Gasteiger charge is 2.30. The number of alkyl halides is 4. The predicted octanol–water partition coefficient (Wildman–Crippen LogP) is 3.43. The first-order chi connectivity index (χ1) is 13.1. The number of nitrogens with zero attached hydrogens (tertiary/aromatic N) is 1. The second-order valence-electron chi connectivity index (χ2n) is 5.96. The minimum absolute atomic E-state index is 0.00926. The number of benzene rings is 2. The summed E-state index contributed by atoms with van der Waals surface area (Å²) in [5, 5.41) is 0.741. The topological polar surface area (TPSA) is 87.7 Å². The fourth-order valence-corrected chi connectivity index (χ4v) is 2.87. The summed E-state index contributed by atoms with van der Waals surface area (Å²) in [5.74, 6) is 0. The molecule has 1 atom stereocenters. The van der Waals surface area contributed by atoms with Gasteiger partial charge in [0.25, 0.3) is 5.56 Å². The lowest BCUT2D eigenvalue weighted by molar-refractivity contribution is -0.137. The van der Waals surface area contributed by atoms with E-state index in [1.165, 1.54) is 6.92 Å². The number of aromatic amines is 2. The third-order valence-corrected chi connectivity index (χ3v) is 4.20. The van der Waals surface area contributed by atoms with E-state index in [-0.39, 0.29) is 16.6 Å². The lowest BCUT2D eigenvalue weighted by atomic mass is 10.2. The van der Waals surface area contributed by atoms with Crippen molar-refractivity contribution in [2.24, 2.45) is 0 Å². The van der Waals surface area contributed by atoms with Gasteiger partial charge in [0, 0.05) is 10.9 Å². The predicted molar refractivity (Wildman–Crippen MR) is 100 cm³/mol. The van der Waals surface area contributed by atoms with E-state index in [0.29, 0.717) is 0 Å². The van der Waals surface area contributed by atoms with Crippen molar-refractivity contribution in [1.82, 2.24) is 14.5 Å². The molecule has 0 aliphatic carbocycles. The van der Waals surface area contributed by atoms with Crippen molar-refractivity contribution in [2.45, 2.75) is 18.6 Å². The fourth-order valence-electron chi connectivity index (χ4n) is 2.68. The minimum Gasteiger partial charge on any atom is -0.322 e. The molecule has 28 heavy (non-hydrogen) atoms. The second kappa shape index (κ2) is 7.16. The van der Waals surface area contributed by atoms with Gasteiger partial charge in [0.05, 0.1) is 16.6 Å². The molecule has 2 bridgehead atoms. The first kappa shape index (κ1) is 19.7. The highest BCUT2D eigenvalue weighted by Crippen LogP contribution is 2.30. The smallest absolute Gasteiger partial charge is 0.322 e. The van der Waals surface area contributed by atoms with Crippen LogP contribution in [0.25, 0.3) is 21.9 Å². The number of rotatable bonds is 1. The molecule has 3 aromatic heterocycles. The fraction of sp³-hybridized carbons (Fsp3) is 0.167. The Bertz CT molecular complexity index is 1280. The molecule has 3 heterocycles. The van der Waals surface area contributed by atoms with Gasteiger partial charge in [0.1, 0.15) is 5.50 Å². The first-order valence-corrected chi connectivity index (χ1v) is 8.43. The summed E-state index contributed by atoms with van der Waals surface area (Å²) in [6.45, 7) is 1.44. The molecule has 6 nitrogen and oxygen atoms in total. The van der Waals surface area contributed by atoms with Gasteiger partial charge in [0.15, 0.2) is 0 Å². The molecule has 0 saturated heterocycles. The zero-order chi connectivity index (χ0) is 20.6. The Morgan fingerprint density at radius 1 is 0.964 bits per heavy atom. The van der Waals surface area contributed by atoms with Crippen molar-refractivity contribution in [3.63, 3.8) is 0 Å². The van der Waals surface area contributed by atoms with Crippen LogP contribution in [0.3, 0.4) is 0 Å². The molecular formula is C18H13ClF3N3O3. The molecule has 0 saturated carbocycles. The average Bonchev–Trinajstić information content (AvgIpc) is 2.62. The largest absolute Gasteiger partial charge is 0.416 e. The van der Waals surface area contributed by atoms with Crippen LogP contribution in [-0.2, 0) is 6.18 Å². The Balaban J connectivity index is 0.000000206. The molecule has 0 fully saturated rings. The normalized spacial score (nSPS) is 12.8. The van der Waals surface area contributed by atoms with E-state index in [1.54, 1.807) is 0 Å².